The lowest BCUT2D eigenvalue weighted by Crippen LogP contribution is -2.52. The second kappa shape index (κ2) is 11.4. The lowest BCUT2D eigenvalue weighted by molar-refractivity contribution is -0.156. The van der Waals surface area contributed by atoms with Crippen LogP contribution in [0, 0.1) is 43.4 Å². The first kappa shape index (κ1) is 26.9. The molecule has 1 aromatic rings. The molecule has 0 bridgehead atoms. The number of aliphatic hydroxyl groups excluding tert-OH is 1. The fourth-order valence-corrected chi connectivity index (χ4v) is 5.64. The van der Waals surface area contributed by atoms with Gasteiger partial charge in [0.05, 0.1) is 31.1 Å². The Morgan fingerprint density at radius 1 is 1.17 bits per heavy atom. The minimum Gasteiger partial charge on any atom is -0.466 e. The third kappa shape index (κ3) is 5.15. The van der Waals surface area contributed by atoms with Crippen molar-refractivity contribution in [2.45, 2.75) is 66.5 Å². The van der Waals surface area contributed by atoms with Gasteiger partial charge < -0.3 is 20.1 Å². The van der Waals surface area contributed by atoms with Crippen LogP contribution in [0.15, 0.2) is 30.4 Å². The number of hydrogen-bond donors (Lipinski definition) is 2. The van der Waals surface area contributed by atoms with Crippen LogP contribution >= 0.6 is 0 Å². The third-order valence-corrected chi connectivity index (χ3v) is 7.84. The molecule has 2 aliphatic rings. The van der Waals surface area contributed by atoms with Crippen molar-refractivity contribution < 1.29 is 24.2 Å². The summed E-state index contributed by atoms with van der Waals surface area (Å²) in [4.78, 5) is 42.5. The maximum absolute atomic E-state index is 14.0. The molecule has 192 valence electrons. The molecule has 0 unspecified atom stereocenters. The maximum atomic E-state index is 14.0. The van der Waals surface area contributed by atoms with E-state index in [0.29, 0.717) is 12.1 Å². The van der Waals surface area contributed by atoms with Crippen LogP contribution in [0.1, 0.15) is 51.7 Å². The minimum atomic E-state index is -0.829. The van der Waals surface area contributed by atoms with Gasteiger partial charge >= 0.3 is 5.97 Å². The van der Waals surface area contributed by atoms with Crippen molar-refractivity contribution in [3.63, 3.8) is 0 Å². The van der Waals surface area contributed by atoms with Gasteiger partial charge in [-0.15, -0.1) is 0 Å². The van der Waals surface area contributed by atoms with Gasteiger partial charge in [-0.3, -0.25) is 14.4 Å². The minimum absolute atomic E-state index is 0.0212. The lowest BCUT2D eigenvalue weighted by atomic mass is 9.69. The number of carbonyl (C=O) groups is 3. The molecule has 35 heavy (non-hydrogen) atoms. The predicted molar refractivity (Wildman–Crippen MR) is 136 cm³/mol. The van der Waals surface area contributed by atoms with E-state index in [0.717, 1.165) is 17.5 Å². The van der Waals surface area contributed by atoms with Gasteiger partial charge in [0.15, 0.2) is 0 Å². The van der Waals surface area contributed by atoms with Crippen LogP contribution in [-0.4, -0.2) is 53.1 Å². The fourth-order valence-electron chi connectivity index (χ4n) is 5.64. The highest BCUT2D eigenvalue weighted by molar-refractivity contribution is 6.02. The number of likely N-dealkylation sites (tertiary alicyclic amines) is 1. The van der Waals surface area contributed by atoms with E-state index in [2.05, 4.69) is 5.32 Å². The molecule has 7 nitrogen and oxygen atoms in total. The van der Waals surface area contributed by atoms with E-state index in [9.17, 15) is 19.5 Å². The number of fused-ring (bicyclic) bond motifs is 1. The fraction of sp³-hybridized carbons (Fsp3) is 0.607. The van der Waals surface area contributed by atoms with Crippen molar-refractivity contribution in [3.8, 4) is 0 Å². The Morgan fingerprint density at radius 3 is 2.49 bits per heavy atom. The maximum Gasteiger partial charge on any atom is 0.310 e. The molecule has 1 fully saturated rings. The van der Waals surface area contributed by atoms with Gasteiger partial charge in [-0.2, -0.15) is 0 Å². The molecular weight excluding hydrogens is 444 g/mol. The molecule has 2 amide bonds. The summed E-state index contributed by atoms with van der Waals surface area (Å²) in [5.74, 6) is -2.95. The molecular formula is C28H40N2O5. The molecule has 2 N–H and O–H groups in total. The zero-order chi connectivity index (χ0) is 25.9. The summed E-state index contributed by atoms with van der Waals surface area (Å²) >= 11 is 0. The largest absolute Gasteiger partial charge is 0.466 e. The van der Waals surface area contributed by atoms with Crippen molar-refractivity contribution in [2.24, 2.45) is 29.6 Å². The van der Waals surface area contributed by atoms with Gasteiger partial charge in [0.2, 0.25) is 11.8 Å². The van der Waals surface area contributed by atoms with E-state index >= 15 is 0 Å². The van der Waals surface area contributed by atoms with Crippen molar-refractivity contribution in [2.75, 3.05) is 18.5 Å². The molecule has 0 radical (unpaired) electrons. The first-order chi connectivity index (χ1) is 16.7. The van der Waals surface area contributed by atoms with Crippen LogP contribution in [-0.2, 0) is 19.1 Å². The van der Waals surface area contributed by atoms with Gasteiger partial charge in [-0.05, 0) is 56.2 Å². The molecule has 3 rings (SSSR count). The Balaban J connectivity index is 2.08. The number of aryl methyl sites for hydroxylation is 2. The van der Waals surface area contributed by atoms with Gasteiger partial charge in [0.1, 0.15) is 6.04 Å². The van der Waals surface area contributed by atoms with Crippen LogP contribution < -0.4 is 5.32 Å². The Bertz CT molecular complexity index is 974. The molecule has 0 aromatic heterocycles. The highest BCUT2D eigenvalue weighted by Gasteiger charge is 2.59. The normalized spacial score (nSPS) is 27.3. The van der Waals surface area contributed by atoms with Crippen LogP contribution in [0.25, 0.3) is 0 Å². The number of hydrogen-bond acceptors (Lipinski definition) is 5. The summed E-state index contributed by atoms with van der Waals surface area (Å²) in [6, 6.07) is 4.49. The second-order valence-corrected chi connectivity index (χ2v) is 9.97. The van der Waals surface area contributed by atoms with Gasteiger partial charge in [0.25, 0.3) is 0 Å². The molecule has 1 heterocycles. The first-order valence-corrected chi connectivity index (χ1v) is 12.9. The van der Waals surface area contributed by atoms with Crippen LogP contribution in [0.5, 0.6) is 0 Å². The molecule has 1 aromatic carbocycles. The quantitative estimate of drug-likeness (QED) is 0.410. The molecule has 0 saturated carbocycles. The summed E-state index contributed by atoms with van der Waals surface area (Å²) in [5.41, 5.74) is 2.64. The smallest absolute Gasteiger partial charge is 0.310 e. The Kier molecular flexibility index (Phi) is 8.75. The first-order valence-electron chi connectivity index (χ1n) is 12.9. The second-order valence-electron chi connectivity index (χ2n) is 9.97. The summed E-state index contributed by atoms with van der Waals surface area (Å²) in [6.07, 6.45) is 5.33. The van der Waals surface area contributed by atoms with E-state index in [1.54, 1.807) is 11.8 Å². The number of benzene rings is 1. The number of esters is 1. The average Bonchev–Trinajstić information content (AvgIpc) is 3.13. The highest BCUT2D eigenvalue weighted by Crippen LogP contribution is 2.47. The number of carbonyl (C=O) groups excluding carboxylic acids is 3. The number of aliphatic hydroxyl groups is 1. The zero-order valence-electron chi connectivity index (χ0n) is 21.8. The Labute approximate surface area is 208 Å². The van der Waals surface area contributed by atoms with E-state index < -0.39 is 35.8 Å². The van der Waals surface area contributed by atoms with Crippen LogP contribution in [0.2, 0.25) is 0 Å². The summed E-state index contributed by atoms with van der Waals surface area (Å²) in [7, 11) is 0. The molecule has 1 aliphatic carbocycles. The van der Waals surface area contributed by atoms with Gasteiger partial charge in [-0.1, -0.05) is 51.5 Å². The molecule has 7 heteroatoms. The average molecular weight is 485 g/mol. The van der Waals surface area contributed by atoms with Crippen molar-refractivity contribution >= 4 is 23.5 Å². The third-order valence-electron chi connectivity index (χ3n) is 7.84. The van der Waals surface area contributed by atoms with E-state index in [1.165, 1.54) is 0 Å². The molecule has 0 spiro atoms. The monoisotopic (exact) mass is 484 g/mol. The number of anilines is 1. The lowest BCUT2D eigenvalue weighted by Gasteiger charge is -2.36. The Hall–Kier alpha value is -2.67. The highest BCUT2D eigenvalue weighted by atomic mass is 16.5. The standard InChI is InChI=1S/C28H40N2O5/c1-7-17(5)22(15-31)30-25(26(32)29-21-14-16(4)10-11-18(21)6)20-13-12-19(8-2)23(24(20)27(30)33)28(34)35-9-3/h10-14,17,19-20,22-25,31H,7-9,15H2,1-6H3,(H,29,32)/t17-,19+,20-,22-,23+,24+,25-/m0/s1. The van der Waals surface area contributed by atoms with Crippen LogP contribution in [0.4, 0.5) is 5.69 Å². The number of nitrogens with one attached hydrogen (secondary N) is 1. The van der Waals surface area contributed by atoms with Gasteiger partial charge in [0, 0.05) is 11.6 Å². The van der Waals surface area contributed by atoms with Crippen molar-refractivity contribution in [1.82, 2.24) is 4.90 Å². The number of ether oxygens (including phenoxy) is 1. The molecule has 1 saturated heterocycles. The summed E-state index contributed by atoms with van der Waals surface area (Å²) < 4.78 is 5.39. The van der Waals surface area contributed by atoms with Crippen molar-refractivity contribution in [3.05, 3.63) is 41.5 Å². The van der Waals surface area contributed by atoms with E-state index in [4.69, 9.17) is 4.74 Å². The van der Waals surface area contributed by atoms with E-state index in [-0.39, 0.29) is 36.9 Å². The van der Waals surface area contributed by atoms with Crippen LogP contribution in [0.3, 0.4) is 0 Å². The molecule has 1 aliphatic heterocycles. The number of allylic oxidation sites excluding steroid dienone is 1. The molecule has 7 atom stereocenters. The summed E-state index contributed by atoms with van der Waals surface area (Å²) in [5, 5.41) is 13.4. The topological polar surface area (TPSA) is 95.9 Å². The number of rotatable bonds is 9. The number of amides is 2. The van der Waals surface area contributed by atoms with E-state index in [1.807, 2.05) is 65.0 Å². The number of nitrogens with zero attached hydrogens (tertiary/aromatic N) is 1. The zero-order valence-corrected chi connectivity index (χ0v) is 21.8. The predicted octanol–water partition coefficient (Wildman–Crippen LogP) is 3.87. The Morgan fingerprint density at radius 2 is 1.89 bits per heavy atom. The van der Waals surface area contributed by atoms with Crippen molar-refractivity contribution in [1.29, 1.82) is 0 Å². The van der Waals surface area contributed by atoms with Gasteiger partial charge in [-0.25, -0.2) is 0 Å². The SMILES string of the molecule is CCOC(=O)[C@H]1[C@@H]2C(=O)N([C@@H](CO)[C@@H](C)CC)[C@H](C(=O)Nc3cc(C)ccc3C)[C@H]2C=C[C@H]1CC. The summed E-state index contributed by atoms with van der Waals surface area (Å²) in [6.45, 7) is 11.6.